The van der Waals surface area contributed by atoms with Gasteiger partial charge < -0.3 is 9.84 Å². The highest BCUT2D eigenvalue weighted by atomic mass is 16.5. The Morgan fingerprint density at radius 1 is 1.28 bits per heavy atom. The van der Waals surface area contributed by atoms with Gasteiger partial charge in [0.25, 0.3) is 5.91 Å². The van der Waals surface area contributed by atoms with Crippen LogP contribution in [0.5, 0.6) is 5.75 Å². The minimum atomic E-state index is -0.739. The van der Waals surface area contributed by atoms with Crippen LogP contribution >= 0.6 is 0 Å². The third-order valence-corrected chi connectivity index (χ3v) is 4.17. The normalized spacial score (nSPS) is 10.9. The van der Waals surface area contributed by atoms with Crippen LogP contribution in [0.1, 0.15) is 15.9 Å². The topological polar surface area (TPSA) is 124 Å². The quantitative estimate of drug-likeness (QED) is 0.223. The van der Waals surface area contributed by atoms with E-state index >= 15 is 0 Å². The summed E-state index contributed by atoms with van der Waals surface area (Å²) >= 11 is 0. The van der Waals surface area contributed by atoms with E-state index in [1.165, 1.54) is 31.4 Å². The minimum Gasteiger partial charge on any atom is -0.507 e. The number of ether oxygens (including phenoxy) is 1. The molecular weight excluding hydrogens is 374 g/mol. The number of hydrogen-bond acceptors (Lipinski definition) is 7. The molecule has 3 aromatic rings. The van der Waals surface area contributed by atoms with Crippen LogP contribution in [0.3, 0.4) is 0 Å². The Kier molecular flexibility index (Phi) is 5.70. The average molecular weight is 393 g/mol. The van der Waals surface area contributed by atoms with Crippen LogP contribution in [0.4, 0.5) is 5.69 Å². The van der Waals surface area contributed by atoms with E-state index < -0.39 is 11.9 Å². The number of esters is 1. The number of nitrogens with zero attached hydrogens (tertiary/aromatic N) is 4. The summed E-state index contributed by atoms with van der Waals surface area (Å²) in [5.41, 5.74) is 2.58. The number of aryl methyl sites for hydroxylation is 1. The molecule has 0 aliphatic heterocycles. The molecule has 0 saturated carbocycles. The molecule has 0 saturated heterocycles. The van der Waals surface area contributed by atoms with E-state index in [9.17, 15) is 14.7 Å². The van der Waals surface area contributed by atoms with Gasteiger partial charge in [0.1, 0.15) is 11.3 Å². The van der Waals surface area contributed by atoms with Gasteiger partial charge in [-0.15, -0.1) is 0 Å². The number of aromatic nitrogens is 3. The molecule has 2 heterocycles. The van der Waals surface area contributed by atoms with Gasteiger partial charge in [0, 0.05) is 42.8 Å². The van der Waals surface area contributed by atoms with Crippen molar-refractivity contribution in [1.82, 2.24) is 14.8 Å². The highest BCUT2D eigenvalue weighted by Crippen LogP contribution is 2.25. The smallest absolute Gasteiger partial charge is 0.341 e. The van der Waals surface area contributed by atoms with Crippen LogP contribution in [0.2, 0.25) is 0 Å². The summed E-state index contributed by atoms with van der Waals surface area (Å²) in [4.78, 5) is 28.3. The van der Waals surface area contributed by atoms with Gasteiger partial charge >= 0.3 is 5.97 Å². The number of pyridine rings is 1. The van der Waals surface area contributed by atoms with Crippen molar-refractivity contribution in [1.29, 1.82) is 0 Å². The summed E-state index contributed by atoms with van der Waals surface area (Å²) in [6.07, 6.45) is 9.74. The van der Waals surface area contributed by atoms with Crippen LogP contribution in [0, 0.1) is 0 Å². The molecule has 1 amide bonds. The summed E-state index contributed by atoms with van der Waals surface area (Å²) in [5.74, 6) is 4.34. The van der Waals surface area contributed by atoms with Crippen molar-refractivity contribution in [2.75, 3.05) is 12.1 Å². The molecule has 0 radical (unpaired) electrons. The molecule has 0 aliphatic carbocycles. The Balaban J connectivity index is 1.84. The van der Waals surface area contributed by atoms with Crippen LogP contribution < -0.4 is 10.9 Å². The number of amides is 1. The molecule has 0 aliphatic rings. The standard InChI is InChI=1S/C20H19N5O4/c1-24-12-14(11-23-24)16-7-8-22-10-13(16)3-6-19(27)25(21)15-4-5-18(26)17(9-15)20(28)29-2/h3-12,26H,21H2,1-2H3/b6-3+. The Bertz CT molecular complexity index is 1090. The predicted octanol–water partition coefficient (Wildman–Crippen LogP) is 1.89. The third kappa shape index (κ3) is 4.30. The lowest BCUT2D eigenvalue weighted by Gasteiger charge is -2.16. The van der Waals surface area contributed by atoms with Crippen molar-refractivity contribution in [3.8, 4) is 16.9 Å². The van der Waals surface area contributed by atoms with Gasteiger partial charge in [-0.3, -0.25) is 14.5 Å². The first-order valence-corrected chi connectivity index (χ1v) is 8.52. The van der Waals surface area contributed by atoms with Gasteiger partial charge in [-0.05, 0) is 35.9 Å². The lowest BCUT2D eigenvalue weighted by molar-refractivity contribution is -0.114. The summed E-state index contributed by atoms with van der Waals surface area (Å²) in [7, 11) is 3.01. The fourth-order valence-electron chi connectivity index (χ4n) is 2.68. The number of anilines is 1. The van der Waals surface area contributed by atoms with E-state index in [2.05, 4.69) is 14.8 Å². The second kappa shape index (κ2) is 8.36. The number of rotatable bonds is 5. The highest BCUT2D eigenvalue weighted by Gasteiger charge is 2.16. The second-order valence-corrected chi connectivity index (χ2v) is 6.10. The molecule has 0 spiro atoms. The molecule has 0 atom stereocenters. The van der Waals surface area contributed by atoms with E-state index in [4.69, 9.17) is 5.84 Å². The molecular formula is C20H19N5O4. The van der Waals surface area contributed by atoms with E-state index in [0.717, 1.165) is 16.1 Å². The van der Waals surface area contributed by atoms with Crippen LogP contribution in [-0.4, -0.2) is 38.9 Å². The number of carbonyl (C=O) groups is 2. The molecule has 3 rings (SSSR count). The zero-order valence-electron chi connectivity index (χ0n) is 15.8. The van der Waals surface area contributed by atoms with Crippen molar-refractivity contribution in [3.05, 3.63) is 66.3 Å². The Hall–Kier alpha value is -3.98. The average Bonchev–Trinajstić information content (AvgIpc) is 3.17. The predicted molar refractivity (Wildman–Crippen MR) is 107 cm³/mol. The monoisotopic (exact) mass is 393 g/mol. The van der Waals surface area contributed by atoms with Gasteiger partial charge in [0.15, 0.2) is 0 Å². The number of phenolic OH excluding ortho intramolecular Hbond substituents is 1. The van der Waals surface area contributed by atoms with Crippen molar-refractivity contribution >= 4 is 23.6 Å². The Morgan fingerprint density at radius 3 is 2.76 bits per heavy atom. The fourth-order valence-corrected chi connectivity index (χ4v) is 2.68. The lowest BCUT2D eigenvalue weighted by atomic mass is 10.0. The maximum absolute atomic E-state index is 12.5. The van der Waals surface area contributed by atoms with E-state index in [0.29, 0.717) is 5.56 Å². The van der Waals surface area contributed by atoms with E-state index in [1.807, 2.05) is 19.3 Å². The van der Waals surface area contributed by atoms with E-state index in [-0.39, 0.29) is 17.0 Å². The van der Waals surface area contributed by atoms with Crippen molar-refractivity contribution in [2.24, 2.45) is 12.9 Å². The molecule has 29 heavy (non-hydrogen) atoms. The van der Waals surface area contributed by atoms with Crippen molar-refractivity contribution in [2.45, 2.75) is 0 Å². The maximum atomic E-state index is 12.5. The fraction of sp³-hybridized carbons (Fsp3) is 0.100. The van der Waals surface area contributed by atoms with Gasteiger partial charge in [-0.2, -0.15) is 5.10 Å². The third-order valence-electron chi connectivity index (χ3n) is 4.17. The maximum Gasteiger partial charge on any atom is 0.341 e. The molecule has 0 fully saturated rings. The lowest BCUT2D eigenvalue weighted by Crippen LogP contribution is -2.36. The molecule has 0 unspecified atom stereocenters. The number of carbonyl (C=O) groups excluding carboxylic acids is 2. The van der Waals surface area contributed by atoms with Gasteiger partial charge in [-0.25, -0.2) is 15.6 Å². The molecule has 3 N–H and O–H groups in total. The zero-order chi connectivity index (χ0) is 21.0. The molecule has 2 aromatic heterocycles. The first-order chi connectivity index (χ1) is 13.9. The van der Waals surface area contributed by atoms with Crippen molar-refractivity contribution < 1.29 is 19.4 Å². The summed E-state index contributed by atoms with van der Waals surface area (Å²) in [6.45, 7) is 0. The summed E-state index contributed by atoms with van der Waals surface area (Å²) in [5, 5.41) is 14.8. The largest absolute Gasteiger partial charge is 0.507 e. The first-order valence-electron chi connectivity index (χ1n) is 8.52. The number of nitrogens with two attached hydrogens (primary N) is 1. The SMILES string of the molecule is COC(=O)c1cc(N(N)C(=O)/C=C/c2cnccc2-c2cnn(C)c2)ccc1O. The zero-order valence-corrected chi connectivity index (χ0v) is 15.8. The molecule has 9 nitrogen and oxygen atoms in total. The first kappa shape index (κ1) is 19.8. The number of hydrazine groups is 1. The number of hydrogen-bond donors (Lipinski definition) is 2. The van der Waals surface area contributed by atoms with Gasteiger partial charge in [0.05, 0.1) is 19.0 Å². The molecule has 148 valence electrons. The molecule has 1 aromatic carbocycles. The Labute approximate surface area is 166 Å². The van der Waals surface area contributed by atoms with E-state index in [1.54, 1.807) is 29.3 Å². The van der Waals surface area contributed by atoms with Gasteiger partial charge in [-0.1, -0.05) is 0 Å². The van der Waals surface area contributed by atoms with Crippen LogP contribution in [0.15, 0.2) is 55.1 Å². The number of aromatic hydroxyl groups is 1. The van der Waals surface area contributed by atoms with Crippen LogP contribution in [-0.2, 0) is 16.6 Å². The summed E-state index contributed by atoms with van der Waals surface area (Å²) < 4.78 is 6.28. The number of phenols is 1. The molecule has 0 bridgehead atoms. The van der Waals surface area contributed by atoms with Crippen LogP contribution in [0.25, 0.3) is 17.2 Å². The minimum absolute atomic E-state index is 0.0941. The highest BCUT2D eigenvalue weighted by molar-refractivity contribution is 6.04. The van der Waals surface area contributed by atoms with Crippen molar-refractivity contribution in [3.63, 3.8) is 0 Å². The Morgan fingerprint density at radius 2 is 2.07 bits per heavy atom. The number of benzene rings is 1. The number of methoxy groups -OCH3 is 1. The molecule has 9 heteroatoms. The second-order valence-electron chi connectivity index (χ2n) is 6.10. The van der Waals surface area contributed by atoms with Gasteiger partial charge in [0.2, 0.25) is 0 Å². The summed E-state index contributed by atoms with van der Waals surface area (Å²) in [6, 6.07) is 5.78.